The number of carbonyl (C=O) groups is 2. The van der Waals surface area contributed by atoms with Crippen molar-refractivity contribution in [3.8, 4) is 17.4 Å². The first-order chi connectivity index (χ1) is 19.4. The summed E-state index contributed by atoms with van der Waals surface area (Å²) in [5, 5.41) is 24.4. The third kappa shape index (κ3) is 5.59. The van der Waals surface area contributed by atoms with Crippen LogP contribution in [0, 0.1) is 5.92 Å². The lowest BCUT2D eigenvalue weighted by atomic mass is 9.84. The summed E-state index contributed by atoms with van der Waals surface area (Å²) in [6.45, 7) is 5.84. The van der Waals surface area contributed by atoms with Gasteiger partial charge in [0.15, 0.2) is 17.4 Å². The van der Waals surface area contributed by atoms with Gasteiger partial charge in [-0.25, -0.2) is 5.06 Å². The highest BCUT2D eigenvalue weighted by Gasteiger charge is 2.47. The fourth-order valence-electron chi connectivity index (χ4n) is 5.89. The molecule has 2 N–H and O–H groups in total. The Balaban J connectivity index is 1.43. The molecule has 0 saturated carbocycles. The van der Waals surface area contributed by atoms with Gasteiger partial charge in [-0.2, -0.15) is 0 Å². The molecule has 1 saturated heterocycles. The van der Waals surface area contributed by atoms with Gasteiger partial charge in [0.2, 0.25) is 6.79 Å². The Morgan fingerprint density at radius 1 is 1.10 bits per heavy atom. The minimum atomic E-state index is -0.919. The molecule has 40 heavy (non-hydrogen) atoms. The van der Waals surface area contributed by atoms with Crippen molar-refractivity contribution in [2.45, 2.75) is 51.6 Å². The van der Waals surface area contributed by atoms with Crippen LogP contribution in [-0.4, -0.2) is 75.7 Å². The number of aryl methyl sites for hydroxylation is 1. The number of likely N-dealkylation sites (tertiary alicyclic amines) is 1. The molecule has 3 aromatic rings. The molecule has 1 fully saturated rings. The quantitative estimate of drug-likeness (QED) is 0.322. The lowest BCUT2D eigenvalue weighted by molar-refractivity contribution is -0.188. The van der Waals surface area contributed by atoms with E-state index in [1.54, 1.807) is 4.57 Å². The normalized spacial score (nSPS) is 20.3. The second-order valence-electron chi connectivity index (χ2n) is 10.4. The number of aliphatic carboxylic acids is 1. The maximum atomic E-state index is 13.4. The van der Waals surface area contributed by atoms with Crippen molar-refractivity contribution in [1.82, 2.24) is 14.5 Å². The zero-order valence-corrected chi connectivity index (χ0v) is 23.0. The Morgan fingerprint density at radius 3 is 2.65 bits per heavy atom. The Morgan fingerprint density at radius 2 is 1.90 bits per heavy atom. The number of hydroxylamine groups is 2. The van der Waals surface area contributed by atoms with Crippen LogP contribution in [0.15, 0.2) is 48.7 Å². The first kappa shape index (κ1) is 27.8. The highest BCUT2D eigenvalue weighted by Crippen LogP contribution is 2.43. The molecule has 214 valence electrons. The molecule has 2 aliphatic heterocycles. The van der Waals surface area contributed by atoms with Gasteiger partial charge in [0, 0.05) is 48.6 Å². The molecule has 0 bridgehead atoms. The smallest absolute Gasteiger partial charge is 0.308 e. The largest absolute Gasteiger partial charge is 0.494 e. The highest BCUT2D eigenvalue weighted by molar-refractivity contribution is 5.87. The predicted molar refractivity (Wildman–Crippen MR) is 148 cm³/mol. The number of aromatic nitrogens is 1. The van der Waals surface area contributed by atoms with E-state index in [-0.39, 0.29) is 31.0 Å². The maximum absolute atomic E-state index is 13.4. The van der Waals surface area contributed by atoms with Crippen molar-refractivity contribution >= 4 is 22.6 Å². The number of amides is 1. The summed E-state index contributed by atoms with van der Waals surface area (Å²) in [5.41, 5.74) is 0.832. The number of ether oxygens (including phenoxy) is 2. The third-order valence-corrected chi connectivity index (χ3v) is 7.79. The number of carbonyl (C=O) groups excluding carboxylic acids is 1. The second kappa shape index (κ2) is 12.2. The van der Waals surface area contributed by atoms with E-state index in [4.69, 9.17) is 14.3 Å². The first-order valence-electron chi connectivity index (χ1n) is 14.0. The van der Waals surface area contributed by atoms with Gasteiger partial charge in [-0.15, -0.1) is 0 Å². The van der Waals surface area contributed by atoms with Crippen LogP contribution in [-0.2, 0) is 21.0 Å². The van der Waals surface area contributed by atoms with Crippen molar-refractivity contribution < 1.29 is 34.1 Å². The summed E-state index contributed by atoms with van der Waals surface area (Å²) in [7, 11) is 0. The number of carboxylic acids is 1. The summed E-state index contributed by atoms with van der Waals surface area (Å²) in [6.07, 6.45) is 3.84. The lowest BCUT2D eigenvalue weighted by Crippen LogP contribution is -2.44. The summed E-state index contributed by atoms with van der Waals surface area (Å²) < 4.78 is 12.8. The van der Waals surface area contributed by atoms with E-state index in [0.29, 0.717) is 44.2 Å². The Labute approximate surface area is 233 Å². The van der Waals surface area contributed by atoms with Crippen molar-refractivity contribution in [2.75, 3.05) is 33.0 Å². The van der Waals surface area contributed by atoms with E-state index >= 15 is 0 Å². The molecule has 0 aliphatic carbocycles. The molecule has 3 heterocycles. The van der Waals surface area contributed by atoms with E-state index in [1.165, 1.54) is 5.06 Å². The average Bonchev–Trinajstić information content (AvgIpc) is 3.65. The van der Waals surface area contributed by atoms with Gasteiger partial charge in [-0.3, -0.25) is 19.3 Å². The van der Waals surface area contributed by atoms with Crippen LogP contribution in [0.1, 0.15) is 44.6 Å². The Kier molecular flexibility index (Phi) is 8.46. The van der Waals surface area contributed by atoms with Crippen LogP contribution in [0.25, 0.3) is 10.8 Å². The molecule has 10 nitrogen and oxygen atoms in total. The molecule has 3 atom stereocenters. The van der Waals surface area contributed by atoms with Crippen LogP contribution >= 0.6 is 0 Å². The van der Waals surface area contributed by atoms with Gasteiger partial charge >= 0.3 is 5.97 Å². The SMILES string of the molecule is CCCON(CCC)C(=O)CN1C[C@H](c2ccc3c(c2)OCO3)[C@@H](C(=O)O)[C@@H]1CCn1cc2ccccc2c1O. The average molecular weight is 552 g/mol. The highest BCUT2D eigenvalue weighted by atomic mass is 16.7. The van der Waals surface area contributed by atoms with Gasteiger partial charge < -0.3 is 24.3 Å². The van der Waals surface area contributed by atoms with Gasteiger partial charge in [0.25, 0.3) is 5.91 Å². The van der Waals surface area contributed by atoms with Crippen molar-refractivity contribution in [2.24, 2.45) is 5.92 Å². The minimum absolute atomic E-state index is 0.0405. The monoisotopic (exact) mass is 551 g/mol. The van der Waals surface area contributed by atoms with E-state index < -0.39 is 17.9 Å². The summed E-state index contributed by atoms with van der Waals surface area (Å²) in [4.78, 5) is 33.9. The number of aromatic hydroxyl groups is 1. The number of fused-ring (bicyclic) bond motifs is 2. The van der Waals surface area contributed by atoms with Crippen LogP contribution < -0.4 is 9.47 Å². The summed E-state index contributed by atoms with van der Waals surface area (Å²) >= 11 is 0. The van der Waals surface area contributed by atoms with E-state index in [2.05, 4.69) is 0 Å². The fraction of sp³-hybridized carbons (Fsp3) is 0.467. The molecule has 0 spiro atoms. The van der Waals surface area contributed by atoms with Gasteiger partial charge in [-0.1, -0.05) is 38.1 Å². The lowest BCUT2D eigenvalue weighted by Gasteiger charge is -2.29. The molecule has 1 amide bonds. The van der Waals surface area contributed by atoms with Gasteiger partial charge in [-0.05, 0) is 43.0 Å². The van der Waals surface area contributed by atoms with E-state index in [0.717, 1.165) is 29.2 Å². The topological polar surface area (TPSA) is 114 Å². The van der Waals surface area contributed by atoms with Crippen molar-refractivity contribution in [3.63, 3.8) is 0 Å². The number of hydrogen-bond donors (Lipinski definition) is 2. The van der Waals surface area contributed by atoms with E-state index in [9.17, 15) is 19.8 Å². The zero-order chi connectivity index (χ0) is 28.2. The first-order valence-corrected chi connectivity index (χ1v) is 14.0. The van der Waals surface area contributed by atoms with Crippen LogP contribution in [0.5, 0.6) is 17.4 Å². The molecule has 2 aromatic carbocycles. The summed E-state index contributed by atoms with van der Waals surface area (Å²) in [6, 6.07) is 12.7. The molecule has 2 aliphatic rings. The zero-order valence-electron chi connectivity index (χ0n) is 23.0. The third-order valence-electron chi connectivity index (χ3n) is 7.79. The number of rotatable bonds is 12. The van der Waals surface area contributed by atoms with Crippen LogP contribution in [0.3, 0.4) is 0 Å². The molecule has 1 aromatic heterocycles. The number of nitrogens with zero attached hydrogens (tertiary/aromatic N) is 3. The van der Waals surface area contributed by atoms with Gasteiger partial charge in [0.05, 0.1) is 19.1 Å². The van der Waals surface area contributed by atoms with E-state index in [1.807, 2.05) is 67.4 Å². The molecular weight excluding hydrogens is 514 g/mol. The van der Waals surface area contributed by atoms with Crippen molar-refractivity contribution in [3.05, 3.63) is 54.2 Å². The molecule has 5 rings (SSSR count). The number of benzene rings is 2. The molecule has 0 radical (unpaired) electrons. The minimum Gasteiger partial charge on any atom is -0.494 e. The predicted octanol–water partition coefficient (Wildman–Crippen LogP) is 4.21. The van der Waals surface area contributed by atoms with Crippen LogP contribution in [0.4, 0.5) is 0 Å². The number of carboxylic acid groups (broad SMARTS) is 1. The molecular formula is C30H37N3O7. The maximum Gasteiger partial charge on any atom is 0.308 e. The summed E-state index contributed by atoms with van der Waals surface area (Å²) in [5.74, 6) is -0.857. The van der Waals surface area contributed by atoms with Gasteiger partial charge in [0.1, 0.15) is 0 Å². The fourth-order valence-corrected chi connectivity index (χ4v) is 5.89. The molecule has 10 heteroatoms. The Hall–Kier alpha value is -3.76. The standard InChI is InChI=1S/C30H37N3O7/c1-3-12-33(40-14-4-2)27(34)18-32-17-23(20-9-10-25-26(15-20)39-19-38-25)28(30(36)37)24(32)11-13-31-16-21-7-5-6-8-22(21)29(31)35/h5-10,15-16,23-24,28,35H,3-4,11-14,17-19H2,1-2H3,(H,36,37)/t23-,24+,28-/m1/s1. The second-order valence-corrected chi connectivity index (χ2v) is 10.4. The number of hydrogen-bond acceptors (Lipinski definition) is 7. The van der Waals surface area contributed by atoms with Crippen molar-refractivity contribution in [1.29, 1.82) is 0 Å². The Bertz CT molecular complexity index is 1360. The molecule has 0 unspecified atom stereocenters. The van der Waals surface area contributed by atoms with Crippen LogP contribution in [0.2, 0.25) is 0 Å².